The average Bonchev–Trinajstić information content (AvgIpc) is 3.03. The van der Waals surface area contributed by atoms with E-state index in [0.717, 1.165) is 47.4 Å². The van der Waals surface area contributed by atoms with E-state index < -0.39 is 0 Å². The van der Waals surface area contributed by atoms with Gasteiger partial charge in [0.15, 0.2) is 10.3 Å². The van der Waals surface area contributed by atoms with Gasteiger partial charge >= 0.3 is 0 Å². The fraction of sp³-hybridized carbons (Fsp3) is 0.571. The molecule has 2 N–H and O–H groups in total. The van der Waals surface area contributed by atoms with Gasteiger partial charge in [-0.15, -0.1) is 0 Å². The van der Waals surface area contributed by atoms with Crippen molar-refractivity contribution in [3.63, 3.8) is 0 Å². The van der Waals surface area contributed by atoms with Gasteiger partial charge in [0.1, 0.15) is 0 Å². The summed E-state index contributed by atoms with van der Waals surface area (Å²) in [5.74, 6) is 0. The monoisotopic (exact) mass is 342 g/mol. The maximum absolute atomic E-state index is 8.88. The second-order valence-electron chi connectivity index (χ2n) is 5.07. The molecule has 0 amide bonds. The van der Waals surface area contributed by atoms with E-state index in [1.165, 1.54) is 0 Å². The molecule has 0 bridgehead atoms. The van der Waals surface area contributed by atoms with Crippen molar-refractivity contribution in [2.75, 3.05) is 13.2 Å². The molecular weight excluding hydrogens is 320 g/mol. The van der Waals surface area contributed by atoms with Crippen LogP contribution in [0.2, 0.25) is 0 Å². The van der Waals surface area contributed by atoms with Crippen LogP contribution in [0.1, 0.15) is 24.2 Å². The fourth-order valence-electron chi connectivity index (χ4n) is 2.01. The van der Waals surface area contributed by atoms with E-state index in [0.29, 0.717) is 0 Å². The molecule has 0 saturated carbocycles. The van der Waals surface area contributed by atoms with Crippen LogP contribution in [0.15, 0.2) is 22.7 Å². The van der Waals surface area contributed by atoms with Crippen LogP contribution in [0.25, 0.3) is 0 Å². The lowest BCUT2D eigenvalue weighted by Crippen LogP contribution is -1.89. The molecule has 2 heterocycles. The maximum atomic E-state index is 8.88. The molecule has 0 aliphatic carbocycles. The second-order valence-corrected chi connectivity index (χ2v) is 7.14. The smallest absolute Gasteiger partial charge is 0.179 e. The van der Waals surface area contributed by atoms with Crippen LogP contribution in [0.5, 0.6) is 0 Å². The molecule has 0 aromatic carbocycles. The standard InChI is InChI=1S/C14H22N4O2S2/c1-17-9-11(5-3-7-19)15-13(17)21-22-14-16-12(6-4-8-20)10-18(14)2/h9-10,19-20H,3-8H2,1-2H3. The molecule has 2 aromatic rings. The van der Waals surface area contributed by atoms with Crippen LogP contribution in [-0.2, 0) is 26.9 Å². The zero-order chi connectivity index (χ0) is 15.9. The molecular formula is C14H22N4O2S2. The highest BCUT2D eigenvalue weighted by molar-refractivity contribution is 8.76. The lowest BCUT2D eigenvalue weighted by molar-refractivity contribution is 0.288. The Bertz CT molecular complexity index is 545. The van der Waals surface area contributed by atoms with Crippen LogP contribution in [0.3, 0.4) is 0 Å². The number of aryl methyl sites for hydroxylation is 4. The number of rotatable bonds is 9. The first-order chi connectivity index (χ1) is 10.6. The lowest BCUT2D eigenvalue weighted by Gasteiger charge is -2.00. The Morgan fingerprint density at radius 1 is 0.864 bits per heavy atom. The van der Waals surface area contributed by atoms with Crippen LogP contribution in [0, 0.1) is 0 Å². The van der Waals surface area contributed by atoms with E-state index in [1.54, 1.807) is 21.6 Å². The molecule has 0 spiro atoms. The minimum absolute atomic E-state index is 0.192. The van der Waals surface area contributed by atoms with E-state index in [-0.39, 0.29) is 13.2 Å². The molecule has 122 valence electrons. The first kappa shape index (κ1) is 17.4. The topological polar surface area (TPSA) is 76.1 Å². The molecule has 2 rings (SSSR count). The third kappa shape index (κ3) is 4.77. The number of hydrogen-bond donors (Lipinski definition) is 2. The van der Waals surface area contributed by atoms with Gasteiger partial charge < -0.3 is 19.3 Å². The molecule has 8 heteroatoms. The molecule has 0 radical (unpaired) electrons. The van der Waals surface area contributed by atoms with Crippen molar-refractivity contribution in [3.8, 4) is 0 Å². The van der Waals surface area contributed by atoms with Crippen molar-refractivity contribution in [2.45, 2.75) is 36.0 Å². The highest BCUT2D eigenvalue weighted by Gasteiger charge is 2.11. The number of aromatic nitrogens is 4. The van der Waals surface area contributed by atoms with Crippen molar-refractivity contribution in [1.29, 1.82) is 0 Å². The molecule has 22 heavy (non-hydrogen) atoms. The molecule has 0 unspecified atom stereocenters. The summed E-state index contributed by atoms with van der Waals surface area (Å²) in [6.45, 7) is 0.384. The van der Waals surface area contributed by atoms with E-state index in [4.69, 9.17) is 10.2 Å². The molecule has 0 aliphatic rings. The van der Waals surface area contributed by atoms with E-state index in [1.807, 2.05) is 35.6 Å². The van der Waals surface area contributed by atoms with Crippen molar-refractivity contribution >= 4 is 21.6 Å². The summed E-state index contributed by atoms with van der Waals surface area (Å²) >= 11 is 0. The van der Waals surface area contributed by atoms with Crippen LogP contribution < -0.4 is 0 Å². The largest absolute Gasteiger partial charge is 0.396 e. The summed E-state index contributed by atoms with van der Waals surface area (Å²) in [5.41, 5.74) is 2.01. The van der Waals surface area contributed by atoms with Crippen LogP contribution in [0.4, 0.5) is 0 Å². The van der Waals surface area contributed by atoms with Crippen LogP contribution in [-0.4, -0.2) is 42.5 Å². The van der Waals surface area contributed by atoms with Gasteiger partial charge in [-0.3, -0.25) is 0 Å². The SMILES string of the molecule is Cn1cc(CCCO)nc1SSc1nc(CCCO)cn1C. The Hall–Kier alpha value is -0.960. The highest BCUT2D eigenvalue weighted by atomic mass is 33.1. The summed E-state index contributed by atoms with van der Waals surface area (Å²) in [6.07, 6.45) is 7.07. The second kappa shape index (κ2) is 8.61. The van der Waals surface area contributed by atoms with Crippen LogP contribution >= 0.6 is 21.6 Å². The molecule has 2 aromatic heterocycles. The van der Waals surface area contributed by atoms with Gasteiger partial charge in [0.25, 0.3) is 0 Å². The van der Waals surface area contributed by atoms with Crippen molar-refractivity contribution in [1.82, 2.24) is 19.1 Å². The predicted octanol–water partition coefficient (Wildman–Crippen LogP) is 1.80. The number of aliphatic hydroxyl groups is 2. The predicted molar refractivity (Wildman–Crippen MR) is 88.9 cm³/mol. The Labute approximate surface area is 138 Å². The van der Waals surface area contributed by atoms with Gasteiger partial charge in [0.05, 0.1) is 11.4 Å². The Kier molecular flexibility index (Phi) is 6.81. The normalized spacial score (nSPS) is 11.3. The number of hydrogen-bond acceptors (Lipinski definition) is 6. The zero-order valence-corrected chi connectivity index (χ0v) is 14.5. The zero-order valence-electron chi connectivity index (χ0n) is 12.9. The third-order valence-corrected chi connectivity index (χ3v) is 5.42. The highest BCUT2D eigenvalue weighted by Crippen LogP contribution is 2.35. The Morgan fingerprint density at radius 2 is 1.27 bits per heavy atom. The van der Waals surface area contributed by atoms with Gasteiger partial charge in [0, 0.05) is 39.7 Å². The van der Waals surface area contributed by atoms with Gasteiger partial charge in [-0.2, -0.15) is 0 Å². The van der Waals surface area contributed by atoms with Crippen molar-refractivity contribution in [2.24, 2.45) is 14.1 Å². The first-order valence-electron chi connectivity index (χ1n) is 7.24. The van der Waals surface area contributed by atoms with E-state index in [2.05, 4.69) is 9.97 Å². The summed E-state index contributed by atoms with van der Waals surface area (Å²) in [7, 11) is 7.11. The molecule has 0 saturated heterocycles. The molecule has 0 atom stereocenters. The molecule has 6 nitrogen and oxygen atoms in total. The molecule has 0 aliphatic heterocycles. The Balaban J connectivity index is 1.95. The Morgan fingerprint density at radius 3 is 1.64 bits per heavy atom. The van der Waals surface area contributed by atoms with E-state index in [9.17, 15) is 0 Å². The summed E-state index contributed by atoms with van der Waals surface area (Å²) in [4.78, 5) is 9.14. The fourth-order valence-corrected chi connectivity index (χ4v) is 4.18. The van der Waals surface area contributed by atoms with Gasteiger partial charge in [0.2, 0.25) is 0 Å². The average molecular weight is 342 g/mol. The number of imidazole rings is 2. The van der Waals surface area contributed by atoms with Gasteiger partial charge in [-0.25, -0.2) is 9.97 Å². The molecule has 0 fully saturated rings. The van der Waals surface area contributed by atoms with Gasteiger partial charge in [-0.1, -0.05) is 0 Å². The summed E-state index contributed by atoms with van der Waals surface area (Å²) in [5, 5.41) is 19.6. The van der Waals surface area contributed by atoms with Gasteiger partial charge in [-0.05, 0) is 47.3 Å². The lowest BCUT2D eigenvalue weighted by atomic mass is 10.3. The maximum Gasteiger partial charge on any atom is 0.179 e. The number of aliphatic hydroxyl groups excluding tert-OH is 2. The van der Waals surface area contributed by atoms with Crippen molar-refractivity contribution in [3.05, 3.63) is 23.8 Å². The van der Waals surface area contributed by atoms with E-state index >= 15 is 0 Å². The third-order valence-electron chi connectivity index (χ3n) is 3.14. The quantitative estimate of drug-likeness (QED) is 0.677. The minimum Gasteiger partial charge on any atom is -0.396 e. The minimum atomic E-state index is 0.192. The summed E-state index contributed by atoms with van der Waals surface area (Å²) in [6, 6.07) is 0. The van der Waals surface area contributed by atoms with Crippen molar-refractivity contribution < 1.29 is 10.2 Å². The number of nitrogens with zero attached hydrogens (tertiary/aromatic N) is 4. The first-order valence-corrected chi connectivity index (χ1v) is 9.39. The summed E-state index contributed by atoms with van der Waals surface area (Å²) < 4.78 is 4.00.